The number of carbonyl (C=O) groups is 3. The molecule has 1 aliphatic rings. The van der Waals surface area contributed by atoms with E-state index in [4.69, 9.17) is 9.47 Å². The van der Waals surface area contributed by atoms with Gasteiger partial charge in [0.15, 0.2) is 11.5 Å². The smallest absolute Gasteiger partial charge is 0.335 e. The topological polar surface area (TPSA) is 84.9 Å². The zero-order valence-corrected chi connectivity index (χ0v) is 22.1. The summed E-state index contributed by atoms with van der Waals surface area (Å²) in [5.41, 5.74) is 1.20. The van der Waals surface area contributed by atoms with E-state index in [1.807, 2.05) is 0 Å². The number of anilines is 1. The Morgan fingerprint density at radius 3 is 2.44 bits per heavy atom. The van der Waals surface area contributed by atoms with E-state index < -0.39 is 17.8 Å². The monoisotopic (exact) mass is 616 g/mol. The van der Waals surface area contributed by atoms with Crippen LogP contribution in [0.4, 0.5) is 14.9 Å². The number of hydrogen-bond acceptors (Lipinski definition) is 5. The maximum Gasteiger partial charge on any atom is 0.335 e. The molecule has 4 amide bonds. The number of imide groups is 2. The molecule has 1 heterocycles. The number of nitrogens with one attached hydrogen (secondary N) is 1. The Kier molecular flexibility index (Phi) is 7.85. The number of benzene rings is 3. The molecular formula is C26H19Br2FN2O5. The number of carbonyl (C=O) groups excluding carboxylic acids is 3. The summed E-state index contributed by atoms with van der Waals surface area (Å²) in [6.45, 7) is 2.23. The lowest BCUT2D eigenvalue weighted by molar-refractivity contribution is -0.122. The predicted molar refractivity (Wildman–Crippen MR) is 139 cm³/mol. The van der Waals surface area contributed by atoms with E-state index in [-0.39, 0.29) is 18.0 Å². The zero-order valence-electron chi connectivity index (χ0n) is 18.9. The van der Waals surface area contributed by atoms with Crippen LogP contribution in [0.3, 0.4) is 0 Å². The van der Waals surface area contributed by atoms with Gasteiger partial charge in [-0.2, -0.15) is 0 Å². The van der Waals surface area contributed by atoms with Crippen LogP contribution in [-0.2, 0) is 16.2 Å². The summed E-state index contributed by atoms with van der Waals surface area (Å²) in [6.07, 6.45) is 1.37. The van der Waals surface area contributed by atoms with Crippen molar-refractivity contribution in [1.82, 2.24) is 5.32 Å². The molecule has 1 fully saturated rings. The standard InChI is InChI=1S/C26H19Br2FN2O5/c1-2-35-22-13-16(12-21(28)23(22)36-14-15-4-3-5-18(29)10-15)11-20-24(32)30-26(34)31(25(20)33)19-8-6-17(27)7-9-19/h3-13H,2,14H2,1H3,(H,30,32,34)/b20-11+. The lowest BCUT2D eigenvalue weighted by atomic mass is 10.1. The third-order valence-electron chi connectivity index (χ3n) is 5.10. The summed E-state index contributed by atoms with van der Waals surface area (Å²) in [6, 6.07) is 15.0. The molecule has 0 unspecified atom stereocenters. The average molecular weight is 618 g/mol. The van der Waals surface area contributed by atoms with Gasteiger partial charge in [-0.05, 0) is 88.6 Å². The summed E-state index contributed by atoms with van der Waals surface area (Å²) >= 11 is 6.77. The predicted octanol–water partition coefficient (Wildman–Crippen LogP) is 5.99. The maximum absolute atomic E-state index is 13.5. The Labute approximate surface area is 223 Å². The van der Waals surface area contributed by atoms with Gasteiger partial charge >= 0.3 is 6.03 Å². The normalized spacial score (nSPS) is 14.7. The highest BCUT2D eigenvalue weighted by Gasteiger charge is 2.36. The average Bonchev–Trinajstić information content (AvgIpc) is 2.82. The van der Waals surface area contributed by atoms with Crippen molar-refractivity contribution in [2.75, 3.05) is 11.5 Å². The van der Waals surface area contributed by atoms with Crippen LogP contribution in [0.1, 0.15) is 18.1 Å². The van der Waals surface area contributed by atoms with Crippen molar-refractivity contribution in [3.63, 3.8) is 0 Å². The molecule has 36 heavy (non-hydrogen) atoms. The van der Waals surface area contributed by atoms with Crippen LogP contribution in [0.5, 0.6) is 11.5 Å². The van der Waals surface area contributed by atoms with Crippen molar-refractivity contribution in [1.29, 1.82) is 0 Å². The SMILES string of the molecule is CCOc1cc(/C=C2\C(=O)NC(=O)N(c3ccc(Br)cc3)C2=O)cc(Br)c1OCc1cccc(F)c1. The number of halogens is 3. The van der Waals surface area contributed by atoms with Gasteiger partial charge in [-0.25, -0.2) is 14.1 Å². The third kappa shape index (κ3) is 5.66. The molecule has 1 N–H and O–H groups in total. The minimum absolute atomic E-state index is 0.0992. The Morgan fingerprint density at radius 2 is 1.75 bits per heavy atom. The first-order chi connectivity index (χ1) is 17.3. The highest BCUT2D eigenvalue weighted by molar-refractivity contribution is 9.10. The Bertz CT molecular complexity index is 1380. The first-order valence-electron chi connectivity index (χ1n) is 10.8. The van der Waals surface area contributed by atoms with Crippen molar-refractivity contribution in [2.45, 2.75) is 13.5 Å². The molecule has 184 valence electrons. The van der Waals surface area contributed by atoms with E-state index in [0.29, 0.717) is 39.4 Å². The fraction of sp³-hybridized carbons (Fsp3) is 0.115. The van der Waals surface area contributed by atoms with Crippen molar-refractivity contribution in [2.24, 2.45) is 0 Å². The van der Waals surface area contributed by atoms with Gasteiger partial charge in [-0.1, -0.05) is 28.1 Å². The molecule has 10 heteroatoms. The molecule has 0 aliphatic carbocycles. The van der Waals surface area contributed by atoms with Crippen LogP contribution in [0.15, 0.2) is 75.2 Å². The molecule has 0 bridgehead atoms. The highest BCUT2D eigenvalue weighted by Crippen LogP contribution is 2.38. The Morgan fingerprint density at radius 1 is 1.00 bits per heavy atom. The molecule has 0 spiro atoms. The molecule has 1 aliphatic heterocycles. The van der Waals surface area contributed by atoms with E-state index in [1.54, 1.807) is 55.5 Å². The summed E-state index contributed by atoms with van der Waals surface area (Å²) in [7, 11) is 0. The van der Waals surface area contributed by atoms with Gasteiger partial charge in [0.1, 0.15) is 18.0 Å². The Balaban J connectivity index is 1.65. The van der Waals surface area contributed by atoms with E-state index in [2.05, 4.69) is 37.2 Å². The molecule has 1 saturated heterocycles. The summed E-state index contributed by atoms with van der Waals surface area (Å²) in [5.74, 6) is -1.19. The molecular weight excluding hydrogens is 599 g/mol. The van der Waals surface area contributed by atoms with Crippen molar-refractivity contribution >= 4 is 61.5 Å². The van der Waals surface area contributed by atoms with Gasteiger partial charge < -0.3 is 9.47 Å². The number of rotatable bonds is 7. The molecule has 0 atom stereocenters. The van der Waals surface area contributed by atoms with E-state index in [0.717, 1.165) is 9.37 Å². The molecule has 4 rings (SSSR count). The van der Waals surface area contributed by atoms with Gasteiger partial charge in [0.2, 0.25) is 0 Å². The number of hydrogen-bond donors (Lipinski definition) is 1. The minimum atomic E-state index is -0.832. The van der Waals surface area contributed by atoms with Crippen molar-refractivity contribution in [3.8, 4) is 11.5 Å². The van der Waals surface area contributed by atoms with Crippen LogP contribution >= 0.6 is 31.9 Å². The number of barbiturate groups is 1. The van der Waals surface area contributed by atoms with Gasteiger partial charge in [0, 0.05) is 4.47 Å². The second-order valence-corrected chi connectivity index (χ2v) is 9.39. The van der Waals surface area contributed by atoms with Gasteiger partial charge in [0.05, 0.1) is 16.8 Å². The van der Waals surface area contributed by atoms with Crippen molar-refractivity contribution in [3.05, 3.63) is 92.1 Å². The van der Waals surface area contributed by atoms with Crippen LogP contribution in [-0.4, -0.2) is 24.5 Å². The lowest BCUT2D eigenvalue weighted by Crippen LogP contribution is -2.54. The summed E-state index contributed by atoms with van der Waals surface area (Å²) in [5, 5.41) is 2.20. The second kappa shape index (κ2) is 11.0. The first-order valence-corrected chi connectivity index (χ1v) is 12.4. The fourth-order valence-corrected chi connectivity index (χ4v) is 4.34. The largest absolute Gasteiger partial charge is 0.490 e. The van der Waals surface area contributed by atoms with Crippen molar-refractivity contribution < 1.29 is 28.2 Å². The summed E-state index contributed by atoms with van der Waals surface area (Å²) < 4.78 is 26.4. The Hall–Kier alpha value is -3.50. The molecule has 3 aromatic carbocycles. The van der Waals surface area contributed by atoms with Crippen LogP contribution < -0.4 is 19.7 Å². The van der Waals surface area contributed by atoms with Gasteiger partial charge in [0.25, 0.3) is 11.8 Å². The van der Waals surface area contributed by atoms with E-state index >= 15 is 0 Å². The molecule has 3 aromatic rings. The maximum atomic E-state index is 13.5. The van der Waals surface area contributed by atoms with E-state index in [1.165, 1.54) is 18.2 Å². The molecule has 0 radical (unpaired) electrons. The number of urea groups is 1. The van der Waals surface area contributed by atoms with Crippen LogP contribution in [0, 0.1) is 5.82 Å². The highest BCUT2D eigenvalue weighted by atomic mass is 79.9. The fourth-order valence-electron chi connectivity index (χ4n) is 3.51. The number of ether oxygens (including phenoxy) is 2. The van der Waals surface area contributed by atoms with Crippen LogP contribution in [0.2, 0.25) is 0 Å². The minimum Gasteiger partial charge on any atom is -0.490 e. The molecule has 0 saturated carbocycles. The second-order valence-electron chi connectivity index (χ2n) is 7.62. The number of nitrogens with zero attached hydrogens (tertiary/aromatic N) is 1. The quantitative estimate of drug-likeness (QED) is 0.260. The molecule has 0 aromatic heterocycles. The summed E-state index contributed by atoms with van der Waals surface area (Å²) in [4.78, 5) is 39.0. The molecule has 7 nitrogen and oxygen atoms in total. The van der Waals surface area contributed by atoms with E-state index in [9.17, 15) is 18.8 Å². The lowest BCUT2D eigenvalue weighted by Gasteiger charge is -2.26. The van der Waals surface area contributed by atoms with Crippen LogP contribution in [0.25, 0.3) is 6.08 Å². The zero-order chi connectivity index (χ0) is 25.8. The van der Waals surface area contributed by atoms with Gasteiger partial charge in [-0.15, -0.1) is 0 Å². The van der Waals surface area contributed by atoms with Gasteiger partial charge in [-0.3, -0.25) is 14.9 Å². The third-order valence-corrected chi connectivity index (χ3v) is 6.22. The first kappa shape index (κ1) is 25.6. The number of amides is 4.